The molecule has 0 aliphatic carbocycles. The summed E-state index contributed by atoms with van der Waals surface area (Å²) >= 11 is 0. The zero-order chi connectivity index (χ0) is 17.1. The number of hydrogen-bond acceptors (Lipinski definition) is 6. The third-order valence-corrected chi connectivity index (χ3v) is 4.71. The first-order chi connectivity index (χ1) is 12.3. The van der Waals surface area contributed by atoms with Crippen molar-refractivity contribution in [2.24, 2.45) is 5.92 Å². The largest absolute Gasteiger partial charge is 0.394 e. The molecule has 0 amide bonds. The highest BCUT2D eigenvalue weighted by Gasteiger charge is 2.22. The van der Waals surface area contributed by atoms with Crippen molar-refractivity contribution in [3.63, 3.8) is 0 Å². The van der Waals surface area contributed by atoms with Crippen molar-refractivity contribution in [3.05, 3.63) is 42.9 Å². The number of anilines is 2. The van der Waals surface area contributed by atoms with E-state index in [-0.39, 0.29) is 6.61 Å². The molecule has 1 aliphatic heterocycles. The van der Waals surface area contributed by atoms with Gasteiger partial charge in [0.15, 0.2) is 5.65 Å². The number of para-hydroxylation sites is 1. The predicted molar refractivity (Wildman–Crippen MR) is 97.7 cm³/mol. The zero-order valence-electron chi connectivity index (χ0n) is 14.0. The van der Waals surface area contributed by atoms with Gasteiger partial charge in [-0.25, -0.2) is 14.6 Å². The molecule has 3 aromatic rings. The third kappa shape index (κ3) is 3.28. The lowest BCUT2D eigenvalue weighted by Crippen LogP contribution is -2.22. The van der Waals surface area contributed by atoms with Crippen LogP contribution in [-0.4, -0.2) is 51.1 Å². The maximum Gasteiger partial charge on any atom is 0.163 e. The van der Waals surface area contributed by atoms with Crippen molar-refractivity contribution < 1.29 is 5.11 Å². The number of hydrogen-bond donors (Lipinski definition) is 2. The minimum Gasteiger partial charge on any atom is -0.394 e. The number of nitrogens with one attached hydrogen (secondary N) is 1. The SMILES string of the molecule is OCCn1ncc2c(NC[C@H]3CCN(c4ccccc4)C3)ncnc21. The van der Waals surface area contributed by atoms with Gasteiger partial charge >= 0.3 is 0 Å². The number of aliphatic hydroxyl groups is 1. The molecule has 2 N–H and O–H groups in total. The molecule has 1 aliphatic rings. The fraction of sp³-hybridized carbons (Fsp3) is 0.389. The van der Waals surface area contributed by atoms with Crippen molar-refractivity contribution in [1.82, 2.24) is 19.7 Å². The number of aliphatic hydroxyl groups excluding tert-OH is 1. The number of aromatic nitrogens is 4. The van der Waals surface area contributed by atoms with Gasteiger partial charge in [0.2, 0.25) is 0 Å². The maximum atomic E-state index is 9.11. The van der Waals surface area contributed by atoms with E-state index in [0.29, 0.717) is 12.5 Å². The Kier molecular flexibility index (Phi) is 4.47. The summed E-state index contributed by atoms with van der Waals surface area (Å²) in [6.07, 6.45) is 4.48. The highest BCUT2D eigenvalue weighted by atomic mass is 16.3. The van der Waals surface area contributed by atoms with Crippen LogP contribution in [0.1, 0.15) is 6.42 Å². The van der Waals surface area contributed by atoms with E-state index in [2.05, 4.69) is 55.6 Å². The summed E-state index contributed by atoms with van der Waals surface area (Å²) in [5, 5.41) is 17.8. The van der Waals surface area contributed by atoms with E-state index >= 15 is 0 Å². The molecule has 0 unspecified atom stereocenters. The van der Waals surface area contributed by atoms with Crippen molar-refractivity contribution >= 4 is 22.5 Å². The van der Waals surface area contributed by atoms with E-state index in [1.54, 1.807) is 17.2 Å². The monoisotopic (exact) mass is 338 g/mol. The summed E-state index contributed by atoms with van der Waals surface area (Å²) < 4.78 is 1.70. The standard InChI is InChI=1S/C18H22N6O/c25-9-8-24-18-16(11-22-24)17(20-13-21-18)19-10-14-6-7-23(12-14)15-4-2-1-3-5-15/h1-5,11,13-14,25H,6-10,12H2,(H,19,20,21)/t14-/m1/s1. The van der Waals surface area contributed by atoms with Crippen LogP contribution >= 0.6 is 0 Å². The maximum absolute atomic E-state index is 9.11. The average molecular weight is 338 g/mol. The molecular formula is C18H22N6O. The van der Waals surface area contributed by atoms with E-state index in [9.17, 15) is 0 Å². The molecule has 1 aromatic carbocycles. The molecule has 0 saturated carbocycles. The average Bonchev–Trinajstić information content (AvgIpc) is 3.29. The number of nitrogens with zero attached hydrogens (tertiary/aromatic N) is 5. The lowest BCUT2D eigenvalue weighted by molar-refractivity contribution is 0.271. The molecule has 0 spiro atoms. The second kappa shape index (κ2) is 7.06. The second-order valence-corrected chi connectivity index (χ2v) is 6.37. The molecule has 1 fully saturated rings. The first kappa shape index (κ1) is 15.8. The van der Waals surface area contributed by atoms with Crippen molar-refractivity contribution in [3.8, 4) is 0 Å². The lowest BCUT2D eigenvalue weighted by Gasteiger charge is -2.18. The van der Waals surface area contributed by atoms with Gasteiger partial charge in [-0.2, -0.15) is 5.10 Å². The van der Waals surface area contributed by atoms with Gasteiger partial charge in [0, 0.05) is 25.3 Å². The van der Waals surface area contributed by atoms with Crippen LogP contribution in [0.2, 0.25) is 0 Å². The van der Waals surface area contributed by atoms with Crippen LogP contribution in [0.5, 0.6) is 0 Å². The molecule has 3 heterocycles. The summed E-state index contributed by atoms with van der Waals surface area (Å²) in [6, 6.07) is 10.6. The highest BCUT2D eigenvalue weighted by molar-refractivity contribution is 5.86. The normalized spacial score (nSPS) is 17.3. The first-order valence-electron chi connectivity index (χ1n) is 8.66. The molecule has 1 atom stereocenters. The number of fused-ring (bicyclic) bond motifs is 1. The topological polar surface area (TPSA) is 79.1 Å². The summed E-state index contributed by atoms with van der Waals surface area (Å²) in [4.78, 5) is 11.1. The first-order valence-corrected chi connectivity index (χ1v) is 8.66. The Bertz CT molecular complexity index is 834. The molecular weight excluding hydrogens is 316 g/mol. The molecule has 1 saturated heterocycles. The van der Waals surface area contributed by atoms with Crippen molar-refractivity contribution in [2.45, 2.75) is 13.0 Å². The van der Waals surface area contributed by atoms with E-state index in [1.807, 2.05) is 0 Å². The van der Waals surface area contributed by atoms with Gasteiger partial charge in [0.1, 0.15) is 12.1 Å². The van der Waals surface area contributed by atoms with Crippen LogP contribution in [0, 0.1) is 5.92 Å². The van der Waals surface area contributed by atoms with E-state index in [1.165, 1.54) is 12.1 Å². The van der Waals surface area contributed by atoms with Crippen LogP contribution in [-0.2, 0) is 6.54 Å². The van der Waals surface area contributed by atoms with Crippen molar-refractivity contribution in [2.75, 3.05) is 36.5 Å². The van der Waals surface area contributed by atoms with Gasteiger partial charge in [-0.05, 0) is 24.5 Å². The molecule has 130 valence electrons. The Morgan fingerprint density at radius 2 is 2.08 bits per heavy atom. The van der Waals surface area contributed by atoms with Gasteiger partial charge in [0.25, 0.3) is 0 Å². The molecule has 2 aromatic heterocycles. The minimum absolute atomic E-state index is 0.0426. The summed E-state index contributed by atoms with van der Waals surface area (Å²) in [6.45, 7) is 3.50. The van der Waals surface area contributed by atoms with Crippen LogP contribution in [0.15, 0.2) is 42.9 Å². The third-order valence-electron chi connectivity index (χ3n) is 4.71. The molecule has 4 rings (SSSR count). The summed E-state index contributed by atoms with van der Waals surface area (Å²) in [7, 11) is 0. The van der Waals surface area contributed by atoms with Gasteiger partial charge in [-0.1, -0.05) is 18.2 Å². The van der Waals surface area contributed by atoms with Crippen LogP contribution in [0.4, 0.5) is 11.5 Å². The van der Waals surface area contributed by atoms with Gasteiger partial charge < -0.3 is 15.3 Å². The zero-order valence-corrected chi connectivity index (χ0v) is 14.0. The molecule has 7 nitrogen and oxygen atoms in total. The summed E-state index contributed by atoms with van der Waals surface area (Å²) in [5.41, 5.74) is 2.04. The number of rotatable bonds is 6. The Morgan fingerprint density at radius 3 is 2.92 bits per heavy atom. The number of benzene rings is 1. The minimum atomic E-state index is 0.0426. The van der Waals surface area contributed by atoms with Crippen LogP contribution < -0.4 is 10.2 Å². The molecule has 0 radical (unpaired) electrons. The molecule has 7 heteroatoms. The van der Waals surface area contributed by atoms with Gasteiger partial charge in [-0.3, -0.25) is 0 Å². The Balaban J connectivity index is 1.41. The molecule has 0 bridgehead atoms. The Hall–Kier alpha value is -2.67. The smallest absolute Gasteiger partial charge is 0.163 e. The summed E-state index contributed by atoms with van der Waals surface area (Å²) in [5.74, 6) is 1.39. The Morgan fingerprint density at radius 1 is 1.20 bits per heavy atom. The van der Waals surface area contributed by atoms with Crippen molar-refractivity contribution in [1.29, 1.82) is 0 Å². The van der Waals surface area contributed by atoms with E-state index in [4.69, 9.17) is 5.11 Å². The van der Waals surface area contributed by atoms with Gasteiger partial charge in [-0.15, -0.1) is 0 Å². The molecule has 25 heavy (non-hydrogen) atoms. The fourth-order valence-electron chi connectivity index (χ4n) is 3.41. The van der Waals surface area contributed by atoms with E-state index in [0.717, 1.165) is 36.5 Å². The fourth-order valence-corrected chi connectivity index (χ4v) is 3.41. The highest BCUT2D eigenvalue weighted by Crippen LogP contribution is 2.25. The quantitative estimate of drug-likeness (QED) is 0.713. The second-order valence-electron chi connectivity index (χ2n) is 6.37. The van der Waals surface area contributed by atoms with Crippen LogP contribution in [0.25, 0.3) is 11.0 Å². The Labute approximate surface area is 146 Å². The van der Waals surface area contributed by atoms with Crippen LogP contribution in [0.3, 0.4) is 0 Å². The van der Waals surface area contributed by atoms with Gasteiger partial charge in [0.05, 0.1) is 24.7 Å². The van der Waals surface area contributed by atoms with E-state index < -0.39 is 0 Å². The lowest BCUT2D eigenvalue weighted by atomic mass is 10.1. The predicted octanol–water partition coefficient (Wildman–Crippen LogP) is 1.76.